The molecule has 0 bridgehead atoms. The Morgan fingerprint density at radius 2 is 2.05 bits per heavy atom. The fourth-order valence-electron chi connectivity index (χ4n) is 1.98. The van der Waals surface area contributed by atoms with Gasteiger partial charge in [0.25, 0.3) is 0 Å². The Kier molecular flexibility index (Phi) is 5.55. The molecular weight excluding hydrogens is 284 g/mol. The molecule has 1 fully saturated rings. The van der Waals surface area contributed by atoms with E-state index >= 15 is 0 Å². The molecule has 0 saturated carbocycles. The van der Waals surface area contributed by atoms with Gasteiger partial charge < -0.3 is 15.3 Å². The lowest BCUT2D eigenvalue weighted by Crippen LogP contribution is -2.49. The molecule has 0 spiro atoms. The van der Waals surface area contributed by atoms with Gasteiger partial charge in [-0.15, -0.1) is 0 Å². The molecule has 20 heavy (non-hydrogen) atoms. The van der Waals surface area contributed by atoms with Crippen LogP contribution in [0, 0.1) is 0 Å². The molecule has 1 saturated heterocycles. The first kappa shape index (κ1) is 16.5. The maximum Gasteiger partial charge on any atom is 0.323 e. The Bertz CT molecular complexity index is 508. The summed E-state index contributed by atoms with van der Waals surface area (Å²) in [6.07, 6.45) is 2.08. The van der Waals surface area contributed by atoms with Crippen molar-refractivity contribution in [2.75, 3.05) is 24.6 Å². The van der Waals surface area contributed by atoms with Gasteiger partial charge in [0.2, 0.25) is 0 Å². The maximum atomic E-state index is 12.0. The Morgan fingerprint density at radius 1 is 1.40 bits per heavy atom. The first-order valence-corrected chi connectivity index (χ1v) is 8.13. The summed E-state index contributed by atoms with van der Waals surface area (Å²) in [5.74, 6) is -1.34. The minimum Gasteiger partial charge on any atom is -0.480 e. The molecule has 1 rings (SSSR count). The average Bonchev–Trinajstić information content (AvgIpc) is 2.65. The van der Waals surface area contributed by atoms with Gasteiger partial charge in [-0.3, -0.25) is 4.79 Å². The van der Waals surface area contributed by atoms with Crippen molar-refractivity contribution in [3.8, 4) is 0 Å². The molecule has 1 atom stereocenters. The normalized spacial score (nSPS) is 20.2. The van der Waals surface area contributed by atoms with E-state index < -0.39 is 34.4 Å². The van der Waals surface area contributed by atoms with Crippen molar-refractivity contribution in [2.45, 2.75) is 26.3 Å². The third kappa shape index (κ3) is 5.20. The van der Waals surface area contributed by atoms with E-state index in [0.717, 1.165) is 10.5 Å². The third-order valence-electron chi connectivity index (χ3n) is 2.98. The lowest BCUT2D eigenvalue weighted by Gasteiger charge is -2.26. The number of hydrogen-bond donors (Lipinski definition) is 2. The fourth-order valence-corrected chi connectivity index (χ4v) is 3.71. The molecule has 1 aliphatic heterocycles. The van der Waals surface area contributed by atoms with Crippen LogP contribution in [-0.2, 0) is 14.6 Å². The predicted octanol–water partition coefficient (Wildman–Crippen LogP) is 0.236. The zero-order valence-corrected chi connectivity index (χ0v) is 12.4. The van der Waals surface area contributed by atoms with Crippen LogP contribution in [0.25, 0.3) is 0 Å². The van der Waals surface area contributed by atoms with Crippen molar-refractivity contribution < 1.29 is 23.1 Å². The number of carboxylic acid groups (broad SMARTS) is 1. The van der Waals surface area contributed by atoms with Gasteiger partial charge in [-0.25, -0.2) is 13.2 Å². The molecule has 2 N–H and O–H groups in total. The third-order valence-corrected chi connectivity index (χ3v) is 4.73. The number of carbonyl (C=O) groups is 2. The molecule has 0 radical (unpaired) electrons. The van der Waals surface area contributed by atoms with Crippen LogP contribution in [0.15, 0.2) is 11.6 Å². The number of rotatable bonds is 5. The van der Waals surface area contributed by atoms with E-state index in [9.17, 15) is 18.0 Å². The Balaban J connectivity index is 2.71. The van der Waals surface area contributed by atoms with E-state index in [1.54, 1.807) is 6.08 Å². The Hall–Kier alpha value is -1.57. The standard InChI is InChI=1S/C12H20N2O5S/c1-9(2)3-5-13-12(17)14(7-11(15)16)10-4-6-20(18,19)8-10/h3,10H,4-8H2,1-2H3,(H,13,17)(H,15,16). The predicted molar refractivity (Wildman–Crippen MR) is 74.2 cm³/mol. The SMILES string of the molecule is CC(C)=CCNC(=O)N(CC(=O)O)C1CCS(=O)(=O)C1. The molecule has 8 heteroatoms. The molecule has 0 aliphatic carbocycles. The van der Waals surface area contributed by atoms with Crippen molar-refractivity contribution in [1.29, 1.82) is 0 Å². The van der Waals surface area contributed by atoms with Gasteiger partial charge >= 0.3 is 12.0 Å². The largest absolute Gasteiger partial charge is 0.480 e. The topological polar surface area (TPSA) is 104 Å². The molecule has 2 amide bonds. The highest BCUT2D eigenvalue weighted by Crippen LogP contribution is 2.17. The number of carbonyl (C=O) groups excluding carboxylic acids is 1. The van der Waals surface area contributed by atoms with E-state index in [-0.39, 0.29) is 24.5 Å². The number of urea groups is 1. The molecule has 1 unspecified atom stereocenters. The molecule has 0 aromatic rings. The van der Waals surface area contributed by atoms with Gasteiger partial charge in [-0.05, 0) is 20.3 Å². The summed E-state index contributed by atoms with van der Waals surface area (Å²) in [6, 6.07) is -1.12. The zero-order chi connectivity index (χ0) is 15.3. The molecule has 0 aromatic heterocycles. The van der Waals surface area contributed by atoms with E-state index in [4.69, 9.17) is 5.11 Å². The smallest absolute Gasteiger partial charge is 0.323 e. The quantitative estimate of drug-likeness (QED) is 0.708. The first-order valence-electron chi connectivity index (χ1n) is 6.31. The number of amides is 2. The van der Waals surface area contributed by atoms with E-state index in [0.29, 0.717) is 0 Å². The molecule has 114 valence electrons. The van der Waals surface area contributed by atoms with Crippen LogP contribution in [-0.4, -0.2) is 61.1 Å². The second-order valence-corrected chi connectivity index (χ2v) is 7.27. The number of carboxylic acids is 1. The minimum atomic E-state index is -3.17. The molecule has 1 heterocycles. The van der Waals surface area contributed by atoms with Gasteiger partial charge in [-0.1, -0.05) is 11.6 Å². The number of nitrogens with zero attached hydrogens (tertiary/aromatic N) is 1. The number of aliphatic carboxylic acids is 1. The molecule has 1 aliphatic rings. The van der Waals surface area contributed by atoms with Gasteiger partial charge in [-0.2, -0.15) is 0 Å². The fraction of sp³-hybridized carbons (Fsp3) is 0.667. The van der Waals surface area contributed by atoms with Crippen LogP contribution in [0.4, 0.5) is 4.79 Å². The molecule has 7 nitrogen and oxygen atoms in total. The van der Waals surface area contributed by atoms with Gasteiger partial charge in [0.15, 0.2) is 9.84 Å². The van der Waals surface area contributed by atoms with Crippen LogP contribution in [0.2, 0.25) is 0 Å². The van der Waals surface area contributed by atoms with Crippen LogP contribution in [0.5, 0.6) is 0 Å². The van der Waals surface area contributed by atoms with Crippen molar-refractivity contribution in [2.24, 2.45) is 0 Å². The summed E-state index contributed by atoms with van der Waals surface area (Å²) in [5.41, 5.74) is 1.03. The van der Waals surface area contributed by atoms with E-state index in [1.807, 2.05) is 13.8 Å². The van der Waals surface area contributed by atoms with Crippen molar-refractivity contribution in [1.82, 2.24) is 10.2 Å². The minimum absolute atomic E-state index is 0.00492. The highest BCUT2D eigenvalue weighted by Gasteiger charge is 2.35. The number of hydrogen-bond acceptors (Lipinski definition) is 4. The van der Waals surface area contributed by atoms with Crippen LogP contribution in [0.1, 0.15) is 20.3 Å². The Labute approximate surface area is 118 Å². The van der Waals surface area contributed by atoms with E-state index in [1.165, 1.54) is 0 Å². The summed E-state index contributed by atoms with van der Waals surface area (Å²) in [7, 11) is -3.17. The van der Waals surface area contributed by atoms with Gasteiger partial charge in [0, 0.05) is 12.6 Å². The van der Waals surface area contributed by atoms with Crippen LogP contribution in [0.3, 0.4) is 0 Å². The van der Waals surface area contributed by atoms with Gasteiger partial charge in [0.1, 0.15) is 6.54 Å². The monoisotopic (exact) mass is 304 g/mol. The van der Waals surface area contributed by atoms with E-state index in [2.05, 4.69) is 5.32 Å². The first-order chi connectivity index (χ1) is 9.21. The average molecular weight is 304 g/mol. The maximum absolute atomic E-state index is 12.0. The molecular formula is C12H20N2O5S. The van der Waals surface area contributed by atoms with Crippen molar-refractivity contribution >= 4 is 21.8 Å². The summed E-state index contributed by atoms with van der Waals surface area (Å²) < 4.78 is 22.9. The Morgan fingerprint density at radius 3 is 2.50 bits per heavy atom. The number of nitrogens with one attached hydrogen (secondary N) is 1. The lowest BCUT2D eigenvalue weighted by atomic mass is 10.2. The molecule has 0 aromatic carbocycles. The second kappa shape index (κ2) is 6.74. The summed E-state index contributed by atoms with van der Waals surface area (Å²) >= 11 is 0. The zero-order valence-electron chi connectivity index (χ0n) is 11.6. The highest BCUT2D eigenvalue weighted by molar-refractivity contribution is 7.91. The van der Waals surface area contributed by atoms with Crippen LogP contribution >= 0.6 is 0 Å². The summed E-state index contributed by atoms with van der Waals surface area (Å²) in [4.78, 5) is 23.9. The number of sulfone groups is 1. The summed E-state index contributed by atoms with van der Waals surface area (Å²) in [5, 5.41) is 11.4. The van der Waals surface area contributed by atoms with Crippen molar-refractivity contribution in [3.63, 3.8) is 0 Å². The van der Waals surface area contributed by atoms with Gasteiger partial charge in [0.05, 0.1) is 11.5 Å². The lowest BCUT2D eigenvalue weighted by molar-refractivity contribution is -0.138. The summed E-state index contributed by atoms with van der Waals surface area (Å²) in [6.45, 7) is 3.55. The second-order valence-electron chi connectivity index (χ2n) is 5.05. The number of allylic oxidation sites excluding steroid dienone is 1. The van der Waals surface area contributed by atoms with Crippen LogP contribution < -0.4 is 5.32 Å². The van der Waals surface area contributed by atoms with Crippen molar-refractivity contribution in [3.05, 3.63) is 11.6 Å². The highest BCUT2D eigenvalue weighted by atomic mass is 32.2.